The van der Waals surface area contributed by atoms with E-state index in [1.54, 1.807) is 50.4 Å². The van der Waals surface area contributed by atoms with Crippen LogP contribution in [0.1, 0.15) is 62.6 Å². The zero-order valence-corrected chi connectivity index (χ0v) is 40.9. The Hall–Kier alpha value is -8.34. The first-order chi connectivity index (χ1) is 35.3. The zero-order valence-electron chi connectivity index (χ0n) is 40.9. The summed E-state index contributed by atoms with van der Waals surface area (Å²) in [6.07, 6.45) is 1.45. The van der Waals surface area contributed by atoms with Crippen LogP contribution in [0, 0.1) is 5.92 Å². The maximum Gasteiger partial charge on any atom is 0.248 e. The van der Waals surface area contributed by atoms with Crippen molar-refractivity contribution in [3.8, 4) is 5.75 Å². The van der Waals surface area contributed by atoms with Crippen LogP contribution < -0.4 is 48.7 Å². The molecule has 0 spiro atoms. The molecule has 14 N–H and O–H groups in total. The van der Waals surface area contributed by atoms with Gasteiger partial charge in [0.1, 0.15) is 54.1 Å². The van der Waals surface area contributed by atoms with E-state index >= 15 is 0 Å². The van der Waals surface area contributed by atoms with Gasteiger partial charge in [-0.1, -0.05) is 74.5 Å². The van der Waals surface area contributed by atoms with Crippen LogP contribution >= 0.6 is 0 Å². The van der Waals surface area contributed by atoms with Crippen molar-refractivity contribution in [2.24, 2.45) is 17.4 Å². The van der Waals surface area contributed by atoms with E-state index in [0.717, 1.165) is 21.4 Å². The molecule has 0 aliphatic carbocycles. The van der Waals surface area contributed by atoms with Gasteiger partial charge in [-0.2, -0.15) is 0 Å². The number of aromatic amines is 1. The van der Waals surface area contributed by atoms with Crippen LogP contribution in [-0.2, 0) is 67.2 Å². The second kappa shape index (κ2) is 25.4. The average molecular weight is 1020 g/mol. The minimum Gasteiger partial charge on any atom is -0.508 e. The third kappa shape index (κ3) is 14.6. The highest BCUT2D eigenvalue weighted by Gasteiger charge is 2.41. The van der Waals surface area contributed by atoms with Crippen molar-refractivity contribution in [1.29, 1.82) is 0 Å². The third-order valence-corrected chi connectivity index (χ3v) is 12.9. The molecule has 1 aromatic heterocycles. The molecule has 0 unspecified atom stereocenters. The molecule has 74 heavy (non-hydrogen) atoms. The number of likely N-dealkylation sites (tertiary alicyclic amines) is 1. The second-order valence-corrected chi connectivity index (χ2v) is 18.8. The number of aromatic hydroxyl groups is 1. The van der Waals surface area contributed by atoms with Crippen LogP contribution in [0.25, 0.3) is 10.9 Å². The molecule has 8 atom stereocenters. The largest absolute Gasteiger partial charge is 0.508 e. The smallest absolute Gasteiger partial charge is 0.248 e. The van der Waals surface area contributed by atoms with E-state index < -0.39 is 120 Å². The van der Waals surface area contributed by atoms with Crippen LogP contribution in [0.15, 0.2) is 85.1 Å². The third-order valence-electron chi connectivity index (χ3n) is 12.9. The van der Waals surface area contributed by atoms with Gasteiger partial charge in [0.25, 0.3) is 0 Å². The van der Waals surface area contributed by atoms with E-state index in [2.05, 4.69) is 42.2 Å². The summed E-state index contributed by atoms with van der Waals surface area (Å²) in [5, 5.41) is 39.3. The Morgan fingerprint density at radius 2 is 1.27 bits per heavy atom. The van der Waals surface area contributed by atoms with Gasteiger partial charge in [-0.15, -0.1) is 0 Å². The molecule has 3 aromatic carbocycles. The Balaban J connectivity index is 1.15. The number of nitrogens with zero attached hydrogens (tertiary/aromatic N) is 1. The predicted octanol–water partition coefficient (Wildman–Crippen LogP) is -1.91. The fourth-order valence-electron chi connectivity index (χ4n) is 8.92. The number of phenolic OH excluding ortho intramolecular Hbond substituents is 1. The normalized spacial score (nSPS) is 17.7. The summed E-state index contributed by atoms with van der Waals surface area (Å²) in [6, 6.07) is 10.9. The van der Waals surface area contributed by atoms with E-state index in [-0.39, 0.29) is 56.7 Å². The number of carbonyl (C=O) groups excluding carboxylic acids is 10. The summed E-state index contributed by atoms with van der Waals surface area (Å²) in [6.45, 7) is 2.42. The molecule has 0 bridgehead atoms. The van der Waals surface area contributed by atoms with Gasteiger partial charge in [0.2, 0.25) is 59.1 Å². The van der Waals surface area contributed by atoms with Crippen LogP contribution in [0.4, 0.5) is 0 Å². The topological polar surface area (TPSA) is 366 Å². The lowest BCUT2D eigenvalue weighted by Crippen LogP contribution is -2.61. The number of carbonyl (C=O) groups is 10. The van der Waals surface area contributed by atoms with E-state index in [9.17, 15) is 58.2 Å². The van der Waals surface area contributed by atoms with Gasteiger partial charge in [-0.25, -0.2) is 0 Å². The molecule has 6 rings (SSSR count). The molecule has 10 amide bonds. The van der Waals surface area contributed by atoms with Crippen molar-refractivity contribution >= 4 is 70.0 Å². The average Bonchev–Trinajstić information content (AvgIpc) is 4.15. The van der Waals surface area contributed by atoms with E-state index in [1.165, 1.54) is 24.3 Å². The van der Waals surface area contributed by atoms with Crippen LogP contribution in [0.2, 0.25) is 0 Å². The van der Waals surface area contributed by atoms with Gasteiger partial charge in [0.05, 0.1) is 13.0 Å². The first-order valence-electron chi connectivity index (χ1n) is 24.3. The summed E-state index contributed by atoms with van der Waals surface area (Å²) in [5.74, 6) is -8.69. The number of fused-ring (bicyclic) bond motifs is 1. The van der Waals surface area contributed by atoms with Crippen molar-refractivity contribution in [2.75, 3.05) is 13.2 Å². The van der Waals surface area contributed by atoms with Crippen molar-refractivity contribution in [1.82, 2.24) is 47.1 Å². The highest BCUT2D eigenvalue weighted by atomic mass is 16.3. The minimum atomic E-state index is -1.71. The summed E-state index contributed by atoms with van der Waals surface area (Å²) in [5.41, 5.74) is 13.8. The maximum absolute atomic E-state index is 14.2. The van der Waals surface area contributed by atoms with Gasteiger partial charge in [0.15, 0.2) is 0 Å². The number of H-pyrrole nitrogens is 1. The number of rotatable bonds is 24. The van der Waals surface area contributed by atoms with Crippen LogP contribution in [0.3, 0.4) is 0 Å². The molecule has 0 saturated carbocycles. The Morgan fingerprint density at radius 1 is 0.676 bits per heavy atom. The number of benzene rings is 3. The molecule has 2 aliphatic heterocycles. The summed E-state index contributed by atoms with van der Waals surface area (Å²) in [7, 11) is 0. The molecule has 2 saturated heterocycles. The molecule has 3 heterocycles. The Morgan fingerprint density at radius 3 is 1.89 bits per heavy atom. The molecule has 0 radical (unpaired) electrons. The summed E-state index contributed by atoms with van der Waals surface area (Å²) < 4.78 is 0. The summed E-state index contributed by atoms with van der Waals surface area (Å²) in [4.78, 5) is 139. The quantitative estimate of drug-likeness (QED) is 0.0366. The number of nitrogens with one attached hydrogen (secondary N) is 8. The Labute approximate surface area is 425 Å². The highest BCUT2D eigenvalue weighted by molar-refractivity contribution is 6.00. The fourth-order valence-corrected chi connectivity index (χ4v) is 8.92. The van der Waals surface area contributed by atoms with Gasteiger partial charge in [-0.05, 0) is 60.1 Å². The van der Waals surface area contributed by atoms with Crippen LogP contribution in [-0.4, -0.2) is 141 Å². The molecule has 23 nitrogen and oxygen atoms in total. The van der Waals surface area contributed by atoms with Gasteiger partial charge < -0.3 is 68.8 Å². The first kappa shape index (κ1) is 55.0. The van der Waals surface area contributed by atoms with Gasteiger partial charge >= 0.3 is 0 Å². The van der Waals surface area contributed by atoms with E-state index in [4.69, 9.17) is 11.5 Å². The summed E-state index contributed by atoms with van der Waals surface area (Å²) >= 11 is 0. The van der Waals surface area contributed by atoms with Crippen molar-refractivity contribution in [3.05, 3.63) is 102 Å². The number of amides is 10. The van der Waals surface area contributed by atoms with Crippen molar-refractivity contribution < 1.29 is 58.2 Å². The number of aliphatic hydroxyl groups is 1. The van der Waals surface area contributed by atoms with Crippen molar-refractivity contribution in [3.63, 3.8) is 0 Å². The maximum atomic E-state index is 14.2. The Bertz CT molecular complexity index is 2710. The number of nitrogens with two attached hydrogens (primary N) is 2. The lowest BCUT2D eigenvalue weighted by atomic mass is 10.00. The predicted molar refractivity (Wildman–Crippen MR) is 266 cm³/mol. The number of aromatic nitrogens is 1. The molecule has 2 aliphatic rings. The zero-order chi connectivity index (χ0) is 53.6. The standard InChI is InChI=1S/C51H63N11O12/c1-27(2)43(50(73)56-35(44(53)67)23-30-25-54-33-12-7-6-11-32(30)33)61-49(72)40-13-8-20-62(40)51(74)39(26-63)60-47(70)37(22-29-14-16-31(64)17-15-29)58-48(71)38(24-41(52)65)59-46(69)36(21-28-9-4-3-5-10-28)57-45(68)34-18-19-42(66)55-34/h3-7,9-12,14-17,25,27,34-40,43,54,63-64H,8,13,18-24,26H2,1-2H3,(H2,52,65)(H2,53,67)(H,55,66)(H,56,73)(H,57,68)(H,58,71)(H,59,69)(H,60,70)(H,61,72)/t34-,35-,36-,37-,38-,39-,40-,43-/m0/s1. The Kier molecular flexibility index (Phi) is 18.8. The fraction of sp³-hybridized carbons (Fsp3) is 0.412. The number of hydrogen-bond acceptors (Lipinski definition) is 12. The first-order valence-corrected chi connectivity index (χ1v) is 24.3. The molecular weight excluding hydrogens is 959 g/mol. The van der Waals surface area contributed by atoms with E-state index in [0.29, 0.717) is 17.5 Å². The molecule has 394 valence electrons. The number of para-hydroxylation sites is 1. The minimum absolute atomic E-state index is 0.0272. The molecule has 23 heteroatoms. The van der Waals surface area contributed by atoms with Gasteiger partial charge in [0, 0.05) is 49.3 Å². The molecule has 4 aromatic rings. The molecular formula is C51H63N11O12. The highest BCUT2D eigenvalue weighted by Crippen LogP contribution is 2.22. The van der Waals surface area contributed by atoms with E-state index in [1.807, 2.05) is 24.3 Å². The number of hydrogen-bond donors (Lipinski definition) is 12. The number of aliphatic hydroxyl groups excluding tert-OH is 1. The lowest BCUT2D eigenvalue weighted by molar-refractivity contribution is -0.143. The second-order valence-electron chi connectivity index (χ2n) is 18.8. The number of primary amides is 2. The van der Waals surface area contributed by atoms with Gasteiger partial charge in [-0.3, -0.25) is 47.9 Å². The van der Waals surface area contributed by atoms with Crippen molar-refractivity contribution in [2.45, 2.75) is 114 Å². The monoisotopic (exact) mass is 1020 g/mol. The molecule has 2 fully saturated rings. The van der Waals surface area contributed by atoms with Crippen LogP contribution in [0.5, 0.6) is 5.75 Å². The lowest BCUT2D eigenvalue weighted by Gasteiger charge is -2.31. The SMILES string of the molecule is CC(C)[C@H](NC(=O)[C@@H]1CCCN1C(=O)[C@H](CO)NC(=O)[C@H](Cc1ccc(O)cc1)NC(=O)[C@H](CC(N)=O)NC(=O)[C@H](Cc1ccccc1)NC(=O)[C@@H]1CCC(=O)N1)C(=O)N[C@@H](Cc1c[nH]c2ccccc12)C(N)=O. The number of phenols is 1.